The lowest BCUT2D eigenvalue weighted by atomic mass is 10.1. The predicted molar refractivity (Wildman–Crippen MR) is 72.2 cm³/mol. The highest BCUT2D eigenvalue weighted by Gasteiger charge is 2.16. The van der Waals surface area contributed by atoms with E-state index in [1.54, 1.807) is 0 Å². The van der Waals surface area contributed by atoms with Crippen LogP contribution in [0.15, 0.2) is 21.6 Å². The van der Waals surface area contributed by atoms with Crippen molar-refractivity contribution >= 4 is 15.9 Å². The highest BCUT2D eigenvalue weighted by atomic mass is 32.2. The van der Waals surface area contributed by atoms with Crippen molar-refractivity contribution in [3.63, 3.8) is 0 Å². The molecule has 0 aromatic carbocycles. The Morgan fingerprint density at radius 3 is 2.60 bits per heavy atom. The van der Waals surface area contributed by atoms with Crippen LogP contribution >= 0.6 is 0 Å². The van der Waals surface area contributed by atoms with E-state index in [4.69, 9.17) is 9.56 Å². The molecule has 8 heteroatoms. The van der Waals surface area contributed by atoms with E-state index in [1.807, 2.05) is 4.90 Å². The molecule has 1 aliphatic heterocycles. The van der Waals surface area contributed by atoms with Crippen LogP contribution in [0.4, 0.5) is 0 Å². The first-order valence-corrected chi connectivity index (χ1v) is 8.11. The molecule has 1 aliphatic rings. The van der Waals surface area contributed by atoms with Gasteiger partial charge in [0.05, 0.1) is 13.1 Å². The summed E-state index contributed by atoms with van der Waals surface area (Å²) in [6, 6.07) is 2.83. The summed E-state index contributed by atoms with van der Waals surface area (Å²) in [7, 11) is -3.81. The third-order valence-corrected chi connectivity index (χ3v) is 3.98. The van der Waals surface area contributed by atoms with Crippen LogP contribution in [0, 0.1) is 0 Å². The fraction of sp³-hybridized carbons (Fsp3) is 0.583. The van der Waals surface area contributed by atoms with E-state index in [9.17, 15) is 13.2 Å². The zero-order chi connectivity index (χ0) is 14.6. The van der Waals surface area contributed by atoms with Gasteiger partial charge >= 0.3 is 0 Å². The summed E-state index contributed by atoms with van der Waals surface area (Å²) in [6.45, 7) is 2.13. The molecular formula is C12H19N3O4S. The smallest absolute Gasteiger partial charge is 0.271 e. The first-order valence-electron chi connectivity index (χ1n) is 6.57. The maximum absolute atomic E-state index is 11.9. The lowest BCUT2D eigenvalue weighted by Crippen LogP contribution is -2.40. The van der Waals surface area contributed by atoms with E-state index in [0.717, 1.165) is 25.9 Å². The molecule has 3 N–H and O–H groups in total. The molecule has 2 rings (SSSR count). The highest BCUT2D eigenvalue weighted by Crippen LogP contribution is 2.12. The fourth-order valence-corrected chi connectivity index (χ4v) is 2.63. The van der Waals surface area contributed by atoms with Crippen LogP contribution in [-0.2, 0) is 21.4 Å². The van der Waals surface area contributed by atoms with E-state index in [2.05, 4.69) is 5.32 Å². The van der Waals surface area contributed by atoms with Crippen LogP contribution in [0.25, 0.3) is 0 Å². The van der Waals surface area contributed by atoms with Crippen LogP contribution in [0.2, 0.25) is 0 Å². The normalized spacial score (nSPS) is 16.4. The first kappa shape index (κ1) is 15.0. The van der Waals surface area contributed by atoms with Crippen LogP contribution in [0.3, 0.4) is 0 Å². The molecule has 1 aromatic heterocycles. The first-order chi connectivity index (χ1) is 9.47. The van der Waals surface area contributed by atoms with E-state index < -0.39 is 10.0 Å². The Balaban J connectivity index is 1.78. The molecule has 0 bridgehead atoms. The number of rotatable bonds is 5. The minimum absolute atomic E-state index is 0.0583. The number of nitrogens with one attached hydrogen (secondary N) is 1. The number of likely N-dealkylation sites (tertiary alicyclic amines) is 1. The second-order valence-electron chi connectivity index (χ2n) is 4.81. The largest absolute Gasteiger partial charge is 0.447 e. The third kappa shape index (κ3) is 4.06. The molecule has 2 heterocycles. The zero-order valence-corrected chi connectivity index (χ0v) is 12.0. The van der Waals surface area contributed by atoms with Crippen molar-refractivity contribution in [3.05, 3.63) is 17.9 Å². The summed E-state index contributed by atoms with van der Waals surface area (Å²) >= 11 is 0. The summed E-state index contributed by atoms with van der Waals surface area (Å²) in [5, 5.41) is 7.62. The molecule has 1 saturated heterocycles. The summed E-state index contributed by atoms with van der Waals surface area (Å²) in [6.07, 6.45) is 3.29. The van der Waals surface area contributed by atoms with Gasteiger partial charge in [-0.2, -0.15) is 0 Å². The number of piperidine rings is 1. The minimum atomic E-state index is -3.81. The fourth-order valence-electron chi connectivity index (χ4n) is 2.15. The summed E-state index contributed by atoms with van der Waals surface area (Å²) in [4.78, 5) is 13.7. The molecule has 0 spiro atoms. The number of sulfonamides is 1. The number of nitrogens with two attached hydrogens (primary N) is 1. The van der Waals surface area contributed by atoms with Gasteiger partial charge in [-0.3, -0.25) is 4.79 Å². The van der Waals surface area contributed by atoms with E-state index >= 15 is 0 Å². The summed E-state index contributed by atoms with van der Waals surface area (Å²) in [5.74, 6) is 0.489. The Morgan fingerprint density at radius 2 is 2.00 bits per heavy atom. The monoisotopic (exact) mass is 301 g/mol. The molecule has 1 aromatic rings. The Kier molecular flexibility index (Phi) is 4.79. The van der Waals surface area contributed by atoms with Crippen LogP contribution in [-0.4, -0.2) is 38.9 Å². The second-order valence-corrected chi connectivity index (χ2v) is 6.30. The van der Waals surface area contributed by atoms with Gasteiger partial charge in [-0.05, 0) is 31.4 Å². The molecular weight excluding hydrogens is 282 g/mol. The average Bonchev–Trinajstić information content (AvgIpc) is 2.88. The van der Waals surface area contributed by atoms with E-state index in [0.29, 0.717) is 5.76 Å². The van der Waals surface area contributed by atoms with Gasteiger partial charge in [0.25, 0.3) is 10.0 Å². The van der Waals surface area contributed by atoms with Gasteiger partial charge in [-0.15, -0.1) is 0 Å². The number of hydrogen-bond donors (Lipinski definition) is 2. The number of nitrogens with zero attached hydrogens (tertiary/aromatic N) is 1. The molecule has 112 valence electrons. The molecule has 1 fully saturated rings. The molecule has 0 unspecified atom stereocenters. The minimum Gasteiger partial charge on any atom is -0.447 e. The van der Waals surface area contributed by atoms with Crippen molar-refractivity contribution in [1.29, 1.82) is 0 Å². The Hall–Kier alpha value is -1.38. The van der Waals surface area contributed by atoms with E-state index in [-0.39, 0.29) is 24.1 Å². The van der Waals surface area contributed by atoms with Gasteiger partial charge in [0, 0.05) is 13.1 Å². The number of amides is 1. The topological polar surface area (TPSA) is 106 Å². The lowest BCUT2D eigenvalue weighted by Gasteiger charge is -2.26. The Labute approximate surface area is 118 Å². The van der Waals surface area contributed by atoms with Crippen molar-refractivity contribution in [3.8, 4) is 0 Å². The third-order valence-electron chi connectivity index (χ3n) is 3.20. The van der Waals surface area contributed by atoms with Gasteiger partial charge in [0.2, 0.25) is 11.0 Å². The number of carbonyl (C=O) groups excluding carboxylic acids is 1. The summed E-state index contributed by atoms with van der Waals surface area (Å²) < 4.78 is 27.2. The van der Waals surface area contributed by atoms with Gasteiger partial charge in [-0.1, -0.05) is 0 Å². The number of hydrogen-bond acceptors (Lipinski definition) is 5. The lowest BCUT2D eigenvalue weighted by molar-refractivity contribution is -0.131. The zero-order valence-electron chi connectivity index (χ0n) is 11.2. The highest BCUT2D eigenvalue weighted by molar-refractivity contribution is 7.89. The summed E-state index contributed by atoms with van der Waals surface area (Å²) in [5.41, 5.74) is 0. The van der Waals surface area contributed by atoms with Gasteiger partial charge in [-0.25, -0.2) is 13.6 Å². The quantitative estimate of drug-likeness (QED) is 0.798. The number of primary sulfonamides is 1. The maximum Gasteiger partial charge on any atom is 0.271 e. The molecule has 0 atom stereocenters. The van der Waals surface area contributed by atoms with E-state index in [1.165, 1.54) is 18.6 Å². The molecule has 20 heavy (non-hydrogen) atoms. The van der Waals surface area contributed by atoms with Gasteiger partial charge in [0.1, 0.15) is 5.76 Å². The predicted octanol–water partition coefficient (Wildman–Crippen LogP) is 0.0291. The van der Waals surface area contributed by atoms with Crippen LogP contribution in [0.5, 0.6) is 0 Å². The van der Waals surface area contributed by atoms with Crippen LogP contribution < -0.4 is 10.5 Å². The van der Waals surface area contributed by atoms with Crippen molar-refractivity contribution < 1.29 is 17.6 Å². The SMILES string of the molecule is NS(=O)(=O)c1ccc(CNCC(=O)N2CCCCC2)o1. The van der Waals surface area contributed by atoms with Crippen molar-refractivity contribution in [2.75, 3.05) is 19.6 Å². The average molecular weight is 301 g/mol. The molecule has 0 aliphatic carbocycles. The molecule has 0 radical (unpaired) electrons. The molecule has 7 nitrogen and oxygen atoms in total. The Bertz CT molecular complexity index is 561. The van der Waals surface area contributed by atoms with Crippen LogP contribution in [0.1, 0.15) is 25.0 Å². The maximum atomic E-state index is 11.9. The van der Waals surface area contributed by atoms with Gasteiger partial charge in [0.15, 0.2) is 0 Å². The molecule has 1 amide bonds. The molecule has 0 saturated carbocycles. The second kappa shape index (κ2) is 6.38. The van der Waals surface area contributed by atoms with Crippen molar-refractivity contribution in [2.45, 2.75) is 30.9 Å². The number of carbonyl (C=O) groups is 1. The van der Waals surface area contributed by atoms with Gasteiger partial charge < -0.3 is 14.6 Å². The number of furan rings is 1. The standard InChI is InChI=1S/C12H19N3O4S/c13-20(17,18)12-5-4-10(19-12)8-14-9-11(16)15-6-2-1-3-7-15/h4-5,14H,1-3,6-9H2,(H2,13,17,18). The van der Waals surface area contributed by atoms with Crippen molar-refractivity contribution in [1.82, 2.24) is 10.2 Å². The Morgan fingerprint density at radius 1 is 1.30 bits per heavy atom. The van der Waals surface area contributed by atoms with Crippen molar-refractivity contribution in [2.24, 2.45) is 5.14 Å².